The molecule has 0 spiro atoms. The zero-order valence-electron chi connectivity index (χ0n) is 16.5. The summed E-state index contributed by atoms with van der Waals surface area (Å²) < 4.78 is 43.9. The van der Waals surface area contributed by atoms with Gasteiger partial charge in [0, 0.05) is 0 Å². The van der Waals surface area contributed by atoms with Gasteiger partial charge in [-0.15, -0.1) is 0 Å². The molecule has 0 aliphatic rings. The number of halogens is 1. The highest BCUT2D eigenvalue weighted by molar-refractivity contribution is 7.91. The molecule has 0 saturated heterocycles. The lowest BCUT2D eigenvalue weighted by molar-refractivity contribution is 0.188. The van der Waals surface area contributed by atoms with E-state index >= 15 is 0 Å². The number of benzene rings is 2. The van der Waals surface area contributed by atoms with E-state index in [1.54, 1.807) is 45.0 Å². The maximum Gasteiger partial charge on any atom is 0.413 e. The minimum Gasteiger partial charge on any atom is -0.410 e. The Morgan fingerprint density at radius 1 is 1.21 bits per heavy atom. The van der Waals surface area contributed by atoms with Gasteiger partial charge in [0.05, 0.1) is 28.2 Å². The van der Waals surface area contributed by atoms with Crippen LogP contribution in [0.2, 0.25) is 0 Å². The molecule has 0 heterocycles. The Balaban J connectivity index is 2.10. The number of hydrogen-bond acceptors (Lipinski definition) is 5. The van der Waals surface area contributed by atoms with Crippen molar-refractivity contribution in [1.29, 1.82) is 5.26 Å². The molecule has 2 rings (SSSR count). The molecule has 6 nitrogen and oxygen atoms in total. The molecule has 0 aliphatic heterocycles. The average Bonchev–Trinajstić information content (AvgIpc) is 2.68. The molecule has 154 valence electrons. The molecule has 1 amide bonds. The average molecular weight is 418 g/mol. The van der Waals surface area contributed by atoms with E-state index in [9.17, 15) is 17.6 Å². The Bertz CT molecular complexity index is 998. The van der Waals surface area contributed by atoms with Gasteiger partial charge in [0.2, 0.25) is 0 Å². The van der Waals surface area contributed by atoms with Gasteiger partial charge in [-0.3, -0.25) is 0 Å². The summed E-state index contributed by atoms with van der Waals surface area (Å²) in [4.78, 5) is 12.2. The predicted octanol–water partition coefficient (Wildman–Crippen LogP) is 4.13. The number of carbonyl (C=O) groups is 1. The normalized spacial score (nSPS) is 14.3. The Morgan fingerprint density at radius 2 is 1.79 bits per heavy atom. The summed E-state index contributed by atoms with van der Waals surface area (Å²) in [6.07, 6.45) is -0.465. The molecule has 0 bridgehead atoms. The van der Waals surface area contributed by atoms with E-state index in [-0.39, 0.29) is 11.5 Å². The zero-order valence-corrected chi connectivity index (χ0v) is 17.3. The van der Waals surface area contributed by atoms with E-state index in [4.69, 9.17) is 10.00 Å². The van der Waals surface area contributed by atoms with Crippen molar-refractivity contribution in [3.63, 3.8) is 0 Å². The monoisotopic (exact) mass is 418 g/mol. The first-order valence-corrected chi connectivity index (χ1v) is 10.8. The SMILES string of the molecule is CC[C@](C)(CS(=O)(=O)[C@@H](C)c1ccc(C#N)cc1)NC(=O)Oc1ccc(F)cc1. The zero-order chi connectivity index (χ0) is 21.7. The maximum atomic E-state index is 13.0. The van der Waals surface area contributed by atoms with Crippen LogP contribution in [0.15, 0.2) is 48.5 Å². The number of hydrogen-bond donors (Lipinski definition) is 1. The van der Waals surface area contributed by atoms with Gasteiger partial charge in [-0.1, -0.05) is 19.1 Å². The van der Waals surface area contributed by atoms with Crippen molar-refractivity contribution in [2.75, 3.05) is 5.75 Å². The highest BCUT2D eigenvalue weighted by atomic mass is 32.2. The van der Waals surface area contributed by atoms with Gasteiger partial charge < -0.3 is 10.1 Å². The third-order valence-corrected chi connectivity index (χ3v) is 7.17. The molecule has 0 saturated carbocycles. The van der Waals surface area contributed by atoms with Crippen molar-refractivity contribution in [3.8, 4) is 11.8 Å². The van der Waals surface area contributed by atoms with E-state index in [0.29, 0.717) is 17.5 Å². The van der Waals surface area contributed by atoms with Crippen molar-refractivity contribution >= 4 is 15.9 Å². The van der Waals surface area contributed by atoms with Crippen molar-refractivity contribution in [2.24, 2.45) is 0 Å². The second-order valence-electron chi connectivity index (χ2n) is 7.07. The summed E-state index contributed by atoms with van der Waals surface area (Å²) in [5.74, 6) is -0.605. The Kier molecular flexibility index (Phi) is 6.98. The lowest BCUT2D eigenvalue weighted by Gasteiger charge is -2.30. The van der Waals surface area contributed by atoms with Crippen LogP contribution >= 0.6 is 0 Å². The fraction of sp³-hybridized carbons (Fsp3) is 0.333. The lowest BCUT2D eigenvalue weighted by atomic mass is 10.0. The molecule has 8 heteroatoms. The molecule has 2 aromatic carbocycles. The summed E-state index contributed by atoms with van der Waals surface area (Å²) in [6, 6.07) is 13.3. The van der Waals surface area contributed by atoms with Gasteiger partial charge >= 0.3 is 6.09 Å². The highest BCUT2D eigenvalue weighted by Crippen LogP contribution is 2.27. The van der Waals surface area contributed by atoms with Crippen LogP contribution in [-0.4, -0.2) is 25.8 Å². The van der Waals surface area contributed by atoms with E-state index in [0.717, 1.165) is 12.1 Å². The smallest absolute Gasteiger partial charge is 0.410 e. The van der Waals surface area contributed by atoms with Crippen molar-refractivity contribution in [1.82, 2.24) is 5.32 Å². The lowest BCUT2D eigenvalue weighted by Crippen LogP contribution is -2.51. The van der Waals surface area contributed by atoms with Crippen LogP contribution in [0.5, 0.6) is 5.75 Å². The molecular formula is C21H23FN2O4S. The van der Waals surface area contributed by atoms with Gasteiger partial charge in [-0.05, 0) is 62.2 Å². The van der Waals surface area contributed by atoms with Crippen LogP contribution in [0.4, 0.5) is 9.18 Å². The van der Waals surface area contributed by atoms with Crippen LogP contribution < -0.4 is 10.1 Å². The molecule has 0 radical (unpaired) electrons. The van der Waals surface area contributed by atoms with Gasteiger partial charge in [0.25, 0.3) is 0 Å². The third-order valence-electron chi connectivity index (χ3n) is 4.78. The van der Waals surface area contributed by atoms with Crippen LogP contribution in [0, 0.1) is 17.1 Å². The molecule has 2 atom stereocenters. The second kappa shape index (κ2) is 9.05. The number of nitrogens with one attached hydrogen (secondary N) is 1. The summed E-state index contributed by atoms with van der Waals surface area (Å²) in [7, 11) is -3.63. The molecule has 1 N–H and O–H groups in total. The first-order chi connectivity index (χ1) is 13.6. The van der Waals surface area contributed by atoms with E-state index in [1.807, 2.05) is 6.07 Å². The van der Waals surface area contributed by atoms with Gasteiger partial charge in [-0.2, -0.15) is 5.26 Å². The van der Waals surface area contributed by atoms with Gasteiger partial charge in [0.1, 0.15) is 11.6 Å². The van der Waals surface area contributed by atoms with Gasteiger partial charge in [0.15, 0.2) is 9.84 Å². The quantitative estimate of drug-likeness (QED) is 0.729. The first kappa shape index (κ1) is 22.4. The van der Waals surface area contributed by atoms with E-state index < -0.39 is 32.5 Å². The first-order valence-electron chi connectivity index (χ1n) is 9.06. The number of carbonyl (C=O) groups excluding carboxylic acids is 1. The number of sulfone groups is 1. The fourth-order valence-electron chi connectivity index (χ4n) is 2.71. The number of nitriles is 1. The predicted molar refractivity (Wildman–Crippen MR) is 108 cm³/mol. The van der Waals surface area contributed by atoms with E-state index in [2.05, 4.69) is 5.32 Å². The minimum atomic E-state index is -3.63. The van der Waals surface area contributed by atoms with Crippen LogP contribution in [0.25, 0.3) is 0 Å². The van der Waals surface area contributed by atoms with Gasteiger partial charge in [-0.25, -0.2) is 17.6 Å². The molecule has 29 heavy (non-hydrogen) atoms. The Labute approximate surface area is 170 Å². The Hall–Kier alpha value is -2.92. The summed E-state index contributed by atoms with van der Waals surface area (Å²) in [6.45, 7) is 4.96. The molecule has 0 aliphatic carbocycles. The molecule has 2 aromatic rings. The minimum absolute atomic E-state index is 0.149. The van der Waals surface area contributed by atoms with Crippen LogP contribution in [0.1, 0.15) is 43.6 Å². The topological polar surface area (TPSA) is 96.3 Å². The summed E-state index contributed by atoms with van der Waals surface area (Å²) in [5.41, 5.74) is -0.0464. The summed E-state index contributed by atoms with van der Waals surface area (Å²) >= 11 is 0. The van der Waals surface area contributed by atoms with Crippen LogP contribution in [0.3, 0.4) is 0 Å². The van der Waals surface area contributed by atoms with Crippen molar-refractivity contribution in [3.05, 3.63) is 65.5 Å². The highest BCUT2D eigenvalue weighted by Gasteiger charge is 2.35. The third kappa shape index (κ3) is 6.03. The molecular weight excluding hydrogens is 395 g/mol. The standard InChI is InChI=1S/C21H23FN2O4S/c1-4-21(3,24-20(25)28-19-11-9-18(22)10-12-19)14-29(26,27)15(2)17-7-5-16(13-23)6-8-17/h5-12,15H,4,14H2,1-3H3,(H,24,25)/t15-,21+/m0/s1. The maximum absolute atomic E-state index is 13.0. The second-order valence-corrected chi connectivity index (χ2v) is 9.39. The summed E-state index contributed by atoms with van der Waals surface area (Å²) in [5, 5.41) is 10.7. The number of ether oxygens (including phenoxy) is 1. The fourth-order valence-corrected chi connectivity index (χ4v) is 4.70. The number of rotatable bonds is 7. The van der Waals surface area contributed by atoms with Crippen molar-refractivity contribution in [2.45, 2.75) is 38.0 Å². The Morgan fingerprint density at radius 3 is 2.31 bits per heavy atom. The number of nitrogens with zero attached hydrogens (tertiary/aromatic N) is 1. The van der Waals surface area contributed by atoms with E-state index in [1.165, 1.54) is 12.1 Å². The largest absolute Gasteiger partial charge is 0.413 e. The van der Waals surface area contributed by atoms with Crippen molar-refractivity contribution < 1.29 is 22.3 Å². The van der Waals surface area contributed by atoms with Crippen LogP contribution in [-0.2, 0) is 9.84 Å². The molecule has 0 fully saturated rings. The molecule has 0 aromatic heterocycles. The number of amides is 1. The molecule has 0 unspecified atom stereocenters.